The van der Waals surface area contributed by atoms with E-state index in [0.29, 0.717) is 36.2 Å². The third kappa shape index (κ3) is 2.46. The molecule has 130 valence electrons. The maximum atomic E-state index is 12.5. The maximum Gasteiger partial charge on any atom is 0.258 e. The molecule has 4 heterocycles. The van der Waals surface area contributed by atoms with E-state index in [1.54, 1.807) is 29.4 Å². The highest BCUT2D eigenvalue weighted by Crippen LogP contribution is 2.38. The van der Waals surface area contributed by atoms with Crippen LogP contribution >= 0.6 is 0 Å². The number of carbonyl (C=O) groups is 1. The zero-order valence-corrected chi connectivity index (χ0v) is 13.7. The summed E-state index contributed by atoms with van der Waals surface area (Å²) in [7, 11) is 0. The predicted molar refractivity (Wildman–Crippen MR) is 89.8 cm³/mol. The lowest BCUT2D eigenvalue weighted by Gasteiger charge is -2.16. The molecule has 0 saturated carbocycles. The highest BCUT2D eigenvalue weighted by atomic mass is 16.7. The monoisotopic (exact) mass is 350 g/mol. The van der Waals surface area contributed by atoms with E-state index < -0.39 is 0 Å². The predicted octanol–water partition coefficient (Wildman–Crippen LogP) is 2.38. The number of hydrogen-bond donors (Lipinski definition) is 0. The van der Waals surface area contributed by atoms with E-state index in [-0.39, 0.29) is 18.6 Å². The van der Waals surface area contributed by atoms with Crippen LogP contribution < -0.4 is 14.4 Å². The molecule has 1 aromatic carbocycles. The first-order valence-corrected chi connectivity index (χ1v) is 8.22. The lowest BCUT2D eigenvalue weighted by Crippen LogP contribution is -2.24. The molecule has 0 bridgehead atoms. The van der Waals surface area contributed by atoms with Crippen molar-refractivity contribution in [1.29, 1.82) is 0 Å². The molecule has 2 aromatic heterocycles. The second-order valence-corrected chi connectivity index (χ2v) is 6.14. The summed E-state index contributed by atoms with van der Waals surface area (Å²) in [6.07, 6.45) is 3.67. The second-order valence-electron chi connectivity index (χ2n) is 6.14. The standard InChI is InChI=1S/C18H14N4O4/c23-16-7-12(17-20-18(26-21-17)11-3-5-19-6-4-11)9-22(16)13-1-2-14-15(8-13)25-10-24-14/h1-6,8,12H,7,9-10H2. The fourth-order valence-corrected chi connectivity index (χ4v) is 3.20. The Morgan fingerprint density at radius 1 is 1.08 bits per heavy atom. The van der Waals surface area contributed by atoms with Gasteiger partial charge in [-0.3, -0.25) is 9.78 Å². The van der Waals surface area contributed by atoms with Gasteiger partial charge in [-0.15, -0.1) is 0 Å². The average Bonchev–Trinajstić information content (AvgIpc) is 3.41. The van der Waals surface area contributed by atoms with E-state index in [1.807, 2.05) is 18.2 Å². The quantitative estimate of drug-likeness (QED) is 0.716. The van der Waals surface area contributed by atoms with E-state index in [1.165, 1.54) is 0 Å². The molecule has 5 rings (SSSR count). The van der Waals surface area contributed by atoms with Crippen LogP contribution in [-0.2, 0) is 4.79 Å². The van der Waals surface area contributed by atoms with Crippen molar-refractivity contribution >= 4 is 11.6 Å². The smallest absolute Gasteiger partial charge is 0.258 e. The molecule has 3 aromatic rings. The molecule has 1 amide bonds. The Bertz CT molecular complexity index is 972. The number of rotatable bonds is 3. The summed E-state index contributed by atoms with van der Waals surface area (Å²) in [5.41, 5.74) is 1.58. The van der Waals surface area contributed by atoms with Gasteiger partial charge in [-0.25, -0.2) is 0 Å². The number of fused-ring (bicyclic) bond motifs is 1. The Labute approximate surface area is 148 Å². The van der Waals surface area contributed by atoms with Crippen molar-refractivity contribution in [3.8, 4) is 23.0 Å². The van der Waals surface area contributed by atoms with E-state index in [0.717, 1.165) is 11.3 Å². The maximum absolute atomic E-state index is 12.5. The van der Waals surface area contributed by atoms with Crippen LogP contribution in [0.25, 0.3) is 11.5 Å². The summed E-state index contributed by atoms with van der Waals surface area (Å²) in [6, 6.07) is 9.09. The minimum Gasteiger partial charge on any atom is -0.454 e. The number of carbonyl (C=O) groups excluding carboxylic acids is 1. The molecule has 8 nitrogen and oxygen atoms in total. The SMILES string of the molecule is O=C1CC(c2noc(-c3ccncc3)n2)CN1c1ccc2c(c1)OCO2. The van der Waals surface area contributed by atoms with Crippen molar-refractivity contribution in [1.82, 2.24) is 15.1 Å². The summed E-state index contributed by atoms with van der Waals surface area (Å²) < 4.78 is 16.1. The molecule has 0 radical (unpaired) electrons. The van der Waals surface area contributed by atoms with Gasteiger partial charge >= 0.3 is 0 Å². The topological polar surface area (TPSA) is 90.6 Å². The molecule has 0 aliphatic carbocycles. The number of ether oxygens (including phenoxy) is 2. The molecule has 1 fully saturated rings. The molecule has 1 atom stereocenters. The van der Waals surface area contributed by atoms with Crippen LogP contribution in [0.3, 0.4) is 0 Å². The summed E-state index contributed by atoms with van der Waals surface area (Å²) >= 11 is 0. The lowest BCUT2D eigenvalue weighted by molar-refractivity contribution is -0.117. The molecule has 0 N–H and O–H groups in total. The van der Waals surface area contributed by atoms with Crippen LogP contribution in [0.15, 0.2) is 47.2 Å². The van der Waals surface area contributed by atoms with E-state index in [9.17, 15) is 4.79 Å². The van der Waals surface area contributed by atoms with Gasteiger partial charge in [-0.1, -0.05) is 5.16 Å². The number of anilines is 1. The van der Waals surface area contributed by atoms with Gasteiger partial charge in [0, 0.05) is 48.6 Å². The second kappa shape index (κ2) is 5.83. The number of benzene rings is 1. The van der Waals surface area contributed by atoms with Crippen molar-refractivity contribution in [2.45, 2.75) is 12.3 Å². The Hall–Kier alpha value is -3.42. The summed E-state index contributed by atoms with van der Waals surface area (Å²) in [5, 5.41) is 4.06. The Morgan fingerprint density at radius 3 is 2.81 bits per heavy atom. The number of amides is 1. The van der Waals surface area contributed by atoms with Crippen molar-refractivity contribution in [3.05, 3.63) is 48.5 Å². The van der Waals surface area contributed by atoms with Crippen LogP contribution in [-0.4, -0.2) is 34.4 Å². The molecule has 26 heavy (non-hydrogen) atoms. The summed E-state index contributed by atoms with van der Waals surface area (Å²) in [4.78, 5) is 22.6. The molecular formula is C18H14N4O4. The van der Waals surface area contributed by atoms with Crippen molar-refractivity contribution in [2.75, 3.05) is 18.2 Å². The number of nitrogens with zero attached hydrogens (tertiary/aromatic N) is 4. The van der Waals surface area contributed by atoms with Crippen LogP contribution in [0, 0.1) is 0 Å². The number of hydrogen-bond acceptors (Lipinski definition) is 7. The third-order valence-electron chi connectivity index (χ3n) is 4.53. The molecular weight excluding hydrogens is 336 g/mol. The zero-order chi connectivity index (χ0) is 17.5. The Balaban J connectivity index is 1.38. The van der Waals surface area contributed by atoms with E-state index in [4.69, 9.17) is 14.0 Å². The lowest BCUT2D eigenvalue weighted by atomic mass is 10.1. The highest BCUT2D eigenvalue weighted by Gasteiger charge is 2.35. The van der Waals surface area contributed by atoms with Crippen LogP contribution in [0.5, 0.6) is 11.5 Å². The largest absolute Gasteiger partial charge is 0.454 e. The number of aromatic nitrogens is 3. The molecule has 2 aliphatic rings. The van der Waals surface area contributed by atoms with E-state index >= 15 is 0 Å². The van der Waals surface area contributed by atoms with Crippen LogP contribution in [0.1, 0.15) is 18.2 Å². The fourth-order valence-electron chi connectivity index (χ4n) is 3.20. The molecule has 0 spiro atoms. The number of pyridine rings is 1. The molecule has 1 unspecified atom stereocenters. The Morgan fingerprint density at radius 2 is 1.92 bits per heavy atom. The van der Waals surface area contributed by atoms with Gasteiger partial charge in [0.1, 0.15) is 0 Å². The minimum absolute atomic E-state index is 0.0177. The third-order valence-corrected chi connectivity index (χ3v) is 4.53. The van der Waals surface area contributed by atoms with Crippen molar-refractivity contribution in [3.63, 3.8) is 0 Å². The van der Waals surface area contributed by atoms with Gasteiger partial charge < -0.3 is 18.9 Å². The fraction of sp³-hybridized carbons (Fsp3) is 0.222. The van der Waals surface area contributed by atoms with Gasteiger partial charge in [0.2, 0.25) is 12.7 Å². The van der Waals surface area contributed by atoms with Gasteiger partial charge in [-0.2, -0.15) is 4.98 Å². The molecule has 2 aliphatic heterocycles. The molecule has 8 heteroatoms. The highest BCUT2D eigenvalue weighted by molar-refractivity contribution is 5.96. The Kier molecular flexibility index (Phi) is 3.34. The van der Waals surface area contributed by atoms with Crippen LogP contribution in [0.2, 0.25) is 0 Å². The average molecular weight is 350 g/mol. The zero-order valence-electron chi connectivity index (χ0n) is 13.7. The molecule has 1 saturated heterocycles. The van der Waals surface area contributed by atoms with Crippen molar-refractivity contribution < 1.29 is 18.8 Å². The van der Waals surface area contributed by atoms with Crippen LogP contribution in [0.4, 0.5) is 5.69 Å². The van der Waals surface area contributed by atoms with Gasteiger partial charge in [0.15, 0.2) is 17.3 Å². The van der Waals surface area contributed by atoms with Crippen molar-refractivity contribution in [2.24, 2.45) is 0 Å². The normalized spacial score (nSPS) is 18.5. The summed E-state index contributed by atoms with van der Waals surface area (Å²) in [6.45, 7) is 0.698. The van der Waals surface area contributed by atoms with E-state index in [2.05, 4.69) is 15.1 Å². The minimum atomic E-state index is -0.118. The van der Waals surface area contributed by atoms with Gasteiger partial charge in [0.05, 0.1) is 0 Å². The first kappa shape index (κ1) is 14.9. The van der Waals surface area contributed by atoms with Gasteiger partial charge in [-0.05, 0) is 24.3 Å². The van der Waals surface area contributed by atoms with Gasteiger partial charge in [0.25, 0.3) is 5.89 Å². The summed E-state index contributed by atoms with van der Waals surface area (Å²) in [5.74, 6) is 2.21. The first-order chi connectivity index (χ1) is 12.8. The first-order valence-electron chi connectivity index (χ1n) is 8.22.